The van der Waals surface area contributed by atoms with E-state index >= 15 is 0 Å². The first-order chi connectivity index (χ1) is 31.8. The monoisotopic (exact) mass is 1070 g/mol. The lowest BCUT2D eigenvalue weighted by Crippen LogP contribution is -2.65. The first-order valence-electron chi connectivity index (χ1n) is 24.6. The van der Waals surface area contributed by atoms with Crippen molar-refractivity contribution < 1.29 is 90.6 Å². The summed E-state index contributed by atoms with van der Waals surface area (Å²) in [5.74, 6) is -1.37. The van der Waals surface area contributed by atoms with Crippen LogP contribution in [0.25, 0.3) is 0 Å². The molecule has 1 aliphatic carbocycles. The van der Waals surface area contributed by atoms with E-state index in [0.29, 0.717) is 12.8 Å². The average Bonchev–Trinajstić information content (AvgIpc) is 3.25. The highest BCUT2D eigenvalue weighted by atomic mass is 31.2. The number of quaternary nitrogens is 3. The van der Waals surface area contributed by atoms with Crippen molar-refractivity contribution in [3.8, 4) is 0 Å². The van der Waals surface area contributed by atoms with Gasteiger partial charge in [0, 0.05) is 12.8 Å². The van der Waals surface area contributed by atoms with Crippen molar-refractivity contribution in [3.05, 3.63) is 24.3 Å². The van der Waals surface area contributed by atoms with E-state index < -0.39 is 91.3 Å². The number of allylic oxidation sites excluding steroid dienone is 4. The summed E-state index contributed by atoms with van der Waals surface area (Å²) < 4.78 is 64.4. The average molecular weight is 1070 g/mol. The van der Waals surface area contributed by atoms with Crippen LogP contribution in [0, 0.1) is 0 Å². The van der Waals surface area contributed by atoms with Gasteiger partial charge in [0.05, 0.1) is 6.61 Å². The van der Waals surface area contributed by atoms with E-state index in [2.05, 4.69) is 47.2 Å². The number of carbonyl (C=O) groups is 2. The molecule has 1 rings (SSSR count). The number of aliphatic hydroxyl groups excluding tert-OH is 3. The first kappa shape index (κ1) is 72.8. The van der Waals surface area contributed by atoms with E-state index in [-0.39, 0.29) is 31.3 Å². The van der Waals surface area contributed by atoms with Gasteiger partial charge >= 0.3 is 11.9 Å². The summed E-state index contributed by atoms with van der Waals surface area (Å²) in [5, 5.41) is 31.7. The van der Waals surface area contributed by atoms with E-state index in [0.717, 1.165) is 77.0 Å². The molecule has 7 unspecified atom stereocenters. The second-order valence-corrected chi connectivity index (χ2v) is 21.0. The number of ether oxygens (including phenoxy) is 2. The van der Waals surface area contributed by atoms with E-state index in [4.69, 9.17) is 23.4 Å². The van der Waals surface area contributed by atoms with Crippen LogP contribution in [0.15, 0.2) is 24.3 Å². The molecular weight excluding hydrogens is 979 g/mol. The molecule has 0 radical (unpaired) electrons. The first-order valence-corrected chi connectivity index (χ1v) is 29.0. The molecule has 0 aliphatic heterocycles. The predicted molar refractivity (Wildman–Crippen MR) is 264 cm³/mol. The van der Waals surface area contributed by atoms with Crippen LogP contribution < -0.4 is 33.1 Å². The Kier molecular flexibility index (Phi) is 44.5. The van der Waals surface area contributed by atoms with Crippen LogP contribution in [0.4, 0.5) is 0 Å². The molecule has 1 aliphatic rings. The van der Waals surface area contributed by atoms with Gasteiger partial charge in [0.1, 0.15) is 43.2 Å². The Hall–Kier alpha value is -1.49. The van der Waals surface area contributed by atoms with Crippen LogP contribution in [0.5, 0.6) is 0 Å². The maximum atomic E-state index is 13.0. The second-order valence-electron chi connectivity index (χ2n) is 17.3. The Balaban J connectivity index is -0.0000150. The molecule has 17 N–H and O–H groups in total. The molecular formula is C45H94N3O19P3. The molecule has 0 aromatic rings. The molecule has 22 nitrogen and oxygen atoms in total. The van der Waals surface area contributed by atoms with Gasteiger partial charge in [0.2, 0.25) is 0 Å². The van der Waals surface area contributed by atoms with Crippen LogP contribution in [-0.4, -0.2) is 93.0 Å². The van der Waals surface area contributed by atoms with Crippen molar-refractivity contribution in [2.45, 2.75) is 236 Å². The zero-order valence-electron chi connectivity index (χ0n) is 42.9. The minimum absolute atomic E-state index is 0. The van der Waals surface area contributed by atoms with Gasteiger partial charge in [-0.05, 0) is 64.2 Å². The summed E-state index contributed by atoms with van der Waals surface area (Å²) in [6, 6.07) is 0. The molecule has 70 heavy (non-hydrogen) atoms. The number of unbranched alkanes of at least 4 members (excludes halogenated alkanes) is 22. The van der Waals surface area contributed by atoms with E-state index in [1.54, 1.807) is 0 Å². The highest BCUT2D eigenvalue weighted by Crippen LogP contribution is 2.48. The van der Waals surface area contributed by atoms with Crippen molar-refractivity contribution in [1.82, 2.24) is 18.5 Å². The molecule has 10 atom stereocenters. The topological polar surface area (TPSA) is 421 Å². The van der Waals surface area contributed by atoms with Gasteiger partial charge in [-0.2, -0.15) is 0 Å². The molecule has 1 saturated carbocycles. The van der Waals surface area contributed by atoms with Gasteiger partial charge in [-0.1, -0.05) is 141 Å². The van der Waals surface area contributed by atoms with Gasteiger partial charge in [-0.15, -0.1) is 0 Å². The molecule has 418 valence electrons. The van der Waals surface area contributed by atoms with Crippen molar-refractivity contribution in [3.63, 3.8) is 0 Å². The Morgan fingerprint density at radius 2 is 0.829 bits per heavy atom. The zero-order chi connectivity index (χ0) is 50.0. The van der Waals surface area contributed by atoms with Crippen molar-refractivity contribution in [2.24, 2.45) is 0 Å². The van der Waals surface area contributed by atoms with Crippen LogP contribution in [0.3, 0.4) is 0 Å². The lowest BCUT2D eigenvalue weighted by molar-refractivity contribution is -0.280. The molecule has 0 spiro atoms. The summed E-state index contributed by atoms with van der Waals surface area (Å²) in [6.07, 6.45) is 19.5. The van der Waals surface area contributed by atoms with E-state index in [9.17, 15) is 58.2 Å². The van der Waals surface area contributed by atoms with E-state index in [1.165, 1.54) is 77.0 Å². The highest BCUT2D eigenvalue weighted by Gasteiger charge is 2.54. The smallest absolute Gasteiger partial charge is 0.306 e. The number of phosphoric ester groups is 3. The van der Waals surface area contributed by atoms with Crippen molar-refractivity contribution in [2.75, 3.05) is 13.2 Å². The van der Waals surface area contributed by atoms with Gasteiger partial charge in [0.25, 0.3) is 23.5 Å². The van der Waals surface area contributed by atoms with Gasteiger partial charge in [-0.25, -0.2) is 0 Å². The third kappa shape index (κ3) is 38.1. The number of rotatable bonds is 42. The Morgan fingerprint density at radius 1 is 0.486 bits per heavy atom. The number of esters is 2. The summed E-state index contributed by atoms with van der Waals surface area (Å²) in [5.41, 5.74) is 0. The maximum absolute atomic E-state index is 13.0. The summed E-state index contributed by atoms with van der Waals surface area (Å²) in [7, 11) is -17.5. The largest absolute Gasteiger partial charge is 0.756 e. The van der Waals surface area contributed by atoms with Gasteiger partial charge in [0.15, 0.2) is 6.10 Å². The molecule has 0 aromatic heterocycles. The molecule has 25 heteroatoms. The number of hydrogen-bond donors (Lipinski definition) is 8. The number of carbonyl (C=O) groups excluding carboxylic acids is 2. The number of phosphoric acid groups is 3. The van der Waals surface area contributed by atoms with Crippen LogP contribution >= 0.6 is 23.5 Å². The standard InChI is InChI=1S/C45H85O19P3.3H3N/c1-3-5-7-9-11-13-15-17-19-21-23-25-27-29-31-33-38(46)59-35-37(61-39(47)34-32-30-28-26-24-22-20-18-16-14-12-10-8-6-4-2)36-60-67(57,58)64-43-40(48)41(49)44(62-65(51,52)53)45(42(43)50)63-66(54,55)56;;;/h17-20,37,40-45,48-50H,3-16,21-36H2,1-2H3,(H,57,58)(H2,51,52,53)(H2,54,55,56);3*1H3/b19-17-,20-18-;;;/t37-,40?,41?,42?,43+,44?,45+;;;/m1.../s1. The van der Waals surface area contributed by atoms with Gasteiger partial charge in [-0.3, -0.25) is 23.3 Å². The normalized spacial score (nSPS) is 22.2. The fourth-order valence-electron chi connectivity index (χ4n) is 7.50. The predicted octanol–water partition coefficient (Wildman–Crippen LogP) is 8.30. The number of aliphatic hydroxyl groups is 3. The van der Waals surface area contributed by atoms with Crippen LogP contribution in [0.1, 0.15) is 194 Å². The molecule has 0 amide bonds. The molecule has 1 fully saturated rings. The third-order valence-electron chi connectivity index (χ3n) is 11.2. The minimum Gasteiger partial charge on any atom is -0.756 e. The second kappa shape index (κ2) is 42.8. The fourth-order valence-corrected chi connectivity index (χ4v) is 9.56. The Bertz CT molecular complexity index is 1520. The molecule has 0 heterocycles. The lowest BCUT2D eigenvalue weighted by atomic mass is 9.85. The maximum Gasteiger partial charge on any atom is 0.306 e. The summed E-state index contributed by atoms with van der Waals surface area (Å²) in [6.45, 7) is 2.80. The fraction of sp³-hybridized carbons (Fsp3) is 0.867. The van der Waals surface area contributed by atoms with Gasteiger partial charge < -0.3 is 85.8 Å². The SMILES string of the molecule is CCCCCCCC/C=C\CCCCCCCC(=O)OC[C@H](COP(=O)([O-])O[C@H]1C(O)C(O)C(OP(=O)([O-])O)[C@@H](OP(=O)([O-])O)C1O)OC(=O)CCCCCCC/C=C\CCCCCCCC.[NH4+].[NH4+].[NH4+]. The van der Waals surface area contributed by atoms with Crippen LogP contribution in [0.2, 0.25) is 0 Å². The van der Waals surface area contributed by atoms with E-state index in [1.807, 2.05) is 0 Å². The molecule has 0 saturated heterocycles. The molecule has 0 bridgehead atoms. The minimum atomic E-state index is -5.89. The van der Waals surface area contributed by atoms with Crippen molar-refractivity contribution >= 4 is 35.4 Å². The Labute approximate surface area is 417 Å². The summed E-state index contributed by atoms with van der Waals surface area (Å²) in [4.78, 5) is 79.6. The highest BCUT2D eigenvalue weighted by molar-refractivity contribution is 7.46. The zero-order valence-corrected chi connectivity index (χ0v) is 45.5. The quantitative estimate of drug-likeness (QED) is 0.0123. The van der Waals surface area contributed by atoms with Crippen molar-refractivity contribution in [1.29, 1.82) is 0 Å². The lowest BCUT2D eigenvalue weighted by Gasteiger charge is -2.47. The van der Waals surface area contributed by atoms with Crippen LogP contribution in [-0.2, 0) is 50.9 Å². The Morgan fingerprint density at radius 3 is 1.23 bits per heavy atom. The molecule has 0 aromatic carbocycles. The summed E-state index contributed by atoms with van der Waals surface area (Å²) >= 11 is 0. The third-order valence-corrected chi connectivity index (χ3v) is 13.2. The number of hydrogen-bond acceptors (Lipinski definition) is 17.